The monoisotopic (exact) mass is 328 g/mol. The number of nitrogens with zero attached hydrogens (tertiary/aromatic N) is 1. The molecule has 1 aliphatic rings. The van der Waals surface area contributed by atoms with Crippen molar-refractivity contribution >= 4 is 29.1 Å². The van der Waals surface area contributed by atoms with E-state index in [0.29, 0.717) is 10.0 Å². The predicted octanol–water partition coefficient (Wildman–Crippen LogP) is 4.03. The molecule has 1 fully saturated rings. The Hall–Kier alpha value is -0.770. The number of carbonyl (C=O) groups is 1. The number of carbonyl (C=O) groups excluding carboxylic acids is 1. The quantitative estimate of drug-likeness (QED) is 0.890. The first kappa shape index (κ1) is 16.6. The predicted molar refractivity (Wildman–Crippen MR) is 87.6 cm³/mol. The largest absolute Gasteiger partial charge is 0.334 e. The van der Waals surface area contributed by atoms with Gasteiger partial charge in [0.15, 0.2) is 0 Å². The van der Waals surface area contributed by atoms with Gasteiger partial charge in [-0.15, -0.1) is 0 Å². The Morgan fingerprint density at radius 2 is 2.00 bits per heavy atom. The van der Waals surface area contributed by atoms with Crippen molar-refractivity contribution < 1.29 is 4.79 Å². The average molecular weight is 329 g/mol. The molecule has 116 valence electrons. The van der Waals surface area contributed by atoms with Gasteiger partial charge in [-0.3, -0.25) is 4.79 Å². The van der Waals surface area contributed by atoms with Gasteiger partial charge in [0.25, 0.3) is 0 Å². The third-order valence-electron chi connectivity index (χ3n) is 4.06. The Morgan fingerprint density at radius 1 is 1.33 bits per heavy atom. The van der Waals surface area contributed by atoms with Gasteiger partial charge < -0.3 is 10.6 Å². The van der Waals surface area contributed by atoms with Gasteiger partial charge >= 0.3 is 0 Å². The Morgan fingerprint density at radius 3 is 2.57 bits per heavy atom. The van der Waals surface area contributed by atoms with E-state index in [0.717, 1.165) is 24.9 Å². The zero-order chi connectivity index (χ0) is 15.8. The van der Waals surface area contributed by atoms with Crippen molar-refractivity contribution in [3.05, 3.63) is 33.8 Å². The van der Waals surface area contributed by atoms with Gasteiger partial charge in [0, 0.05) is 6.54 Å². The fourth-order valence-corrected chi connectivity index (χ4v) is 2.95. The molecule has 1 aromatic rings. The highest BCUT2D eigenvalue weighted by Crippen LogP contribution is 2.36. The maximum Gasteiger partial charge on any atom is 0.240 e. The molecule has 3 nitrogen and oxygen atoms in total. The maximum absolute atomic E-state index is 12.7. The van der Waals surface area contributed by atoms with Gasteiger partial charge in [0.2, 0.25) is 5.91 Å². The highest BCUT2D eigenvalue weighted by Gasteiger charge is 2.37. The van der Waals surface area contributed by atoms with Gasteiger partial charge in [-0.25, -0.2) is 0 Å². The van der Waals surface area contributed by atoms with Crippen LogP contribution in [-0.2, 0) is 4.79 Å². The van der Waals surface area contributed by atoms with Crippen LogP contribution in [0.15, 0.2) is 18.2 Å². The summed E-state index contributed by atoms with van der Waals surface area (Å²) in [5.74, 6) is 0.0103. The van der Waals surface area contributed by atoms with Crippen LogP contribution in [0.2, 0.25) is 10.0 Å². The van der Waals surface area contributed by atoms with E-state index >= 15 is 0 Å². The smallest absolute Gasteiger partial charge is 0.240 e. The Labute approximate surface area is 136 Å². The van der Waals surface area contributed by atoms with Crippen molar-refractivity contribution in [3.8, 4) is 0 Å². The number of amides is 1. The van der Waals surface area contributed by atoms with Crippen molar-refractivity contribution in [1.82, 2.24) is 4.90 Å². The number of benzene rings is 1. The molecule has 5 heteroatoms. The summed E-state index contributed by atoms with van der Waals surface area (Å²) in [4.78, 5) is 14.6. The number of hydrogen-bond acceptors (Lipinski definition) is 2. The first-order chi connectivity index (χ1) is 9.71. The zero-order valence-electron chi connectivity index (χ0n) is 12.7. The SMILES string of the molecule is CC(C)(C)[C@@H](N)C(=O)N1CCCC1c1ccc(Cl)c(Cl)c1. The molecule has 1 unspecified atom stereocenters. The fourth-order valence-electron chi connectivity index (χ4n) is 2.65. The van der Waals surface area contributed by atoms with E-state index in [2.05, 4.69) is 0 Å². The minimum absolute atomic E-state index is 0.0103. The topological polar surface area (TPSA) is 46.3 Å². The van der Waals surface area contributed by atoms with Crippen molar-refractivity contribution in [3.63, 3.8) is 0 Å². The van der Waals surface area contributed by atoms with Crippen LogP contribution in [0.25, 0.3) is 0 Å². The van der Waals surface area contributed by atoms with Crippen LogP contribution in [0.3, 0.4) is 0 Å². The molecule has 2 atom stereocenters. The number of halogens is 2. The summed E-state index contributed by atoms with van der Waals surface area (Å²) < 4.78 is 0. The van der Waals surface area contributed by atoms with E-state index in [1.165, 1.54) is 0 Å². The molecule has 2 N–H and O–H groups in total. The van der Waals surface area contributed by atoms with Crippen LogP contribution < -0.4 is 5.73 Å². The number of rotatable bonds is 2. The summed E-state index contributed by atoms with van der Waals surface area (Å²) in [7, 11) is 0. The molecule has 2 rings (SSSR count). The minimum Gasteiger partial charge on any atom is -0.334 e. The lowest BCUT2D eigenvalue weighted by Crippen LogP contribution is -2.50. The highest BCUT2D eigenvalue weighted by atomic mass is 35.5. The van der Waals surface area contributed by atoms with Gasteiger partial charge in [-0.2, -0.15) is 0 Å². The highest BCUT2D eigenvalue weighted by molar-refractivity contribution is 6.42. The first-order valence-electron chi connectivity index (χ1n) is 7.23. The molecule has 1 heterocycles. The van der Waals surface area contributed by atoms with Gasteiger partial charge in [-0.1, -0.05) is 50.0 Å². The summed E-state index contributed by atoms with van der Waals surface area (Å²) in [5.41, 5.74) is 6.91. The van der Waals surface area contributed by atoms with E-state index in [1.807, 2.05) is 37.8 Å². The second kappa shape index (κ2) is 6.15. The van der Waals surface area contributed by atoms with Crippen LogP contribution in [-0.4, -0.2) is 23.4 Å². The molecule has 0 aliphatic carbocycles. The van der Waals surface area contributed by atoms with Gasteiger partial charge in [0.05, 0.1) is 22.1 Å². The van der Waals surface area contributed by atoms with E-state index in [4.69, 9.17) is 28.9 Å². The summed E-state index contributed by atoms with van der Waals surface area (Å²) in [6.45, 7) is 6.70. The molecule has 1 aromatic carbocycles. The number of nitrogens with two attached hydrogens (primary N) is 1. The fraction of sp³-hybridized carbons (Fsp3) is 0.562. The molecule has 0 spiro atoms. The van der Waals surface area contributed by atoms with Crippen molar-refractivity contribution in [2.24, 2.45) is 11.1 Å². The second-order valence-electron chi connectivity index (χ2n) is 6.71. The molecule has 0 aromatic heterocycles. The van der Waals surface area contributed by atoms with E-state index in [-0.39, 0.29) is 17.4 Å². The lowest BCUT2D eigenvalue weighted by molar-refractivity contribution is -0.135. The van der Waals surface area contributed by atoms with Crippen LogP contribution in [0.1, 0.15) is 45.2 Å². The Kier molecular flexibility index (Phi) is 4.86. The van der Waals surface area contributed by atoms with E-state index in [1.54, 1.807) is 6.07 Å². The molecule has 21 heavy (non-hydrogen) atoms. The van der Waals surface area contributed by atoms with E-state index < -0.39 is 6.04 Å². The van der Waals surface area contributed by atoms with Crippen molar-refractivity contribution in [1.29, 1.82) is 0 Å². The molecule has 0 bridgehead atoms. The average Bonchev–Trinajstić information content (AvgIpc) is 2.88. The van der Waals surface area contributed by atoms with Crippen molar-refractivity contribution in [2.75, 3.05) is 6.54 Å². The van der Waals surface area contributed by atoms with Crippen molar-refractivity contribution in [2.45, 2.75) is 45.7 Å². The minimum atomic E-state index is -0.499. The van der Waals surface area contributed by atoms with Gasteiger partial charge in [0.1, 0.15) is 0 Å². The second-order valence-corrected chi connectivity index (χ2v) is 7.52. The standard InChI is InChI=1S/C16H22Cl2N2O/c1-16(2,3)14(19)15(21)20-8-4-5-13(20)10-6-7-11(17)12(18)9-10/h6-7,9,13-14H,4-5,8,19H2,1-3H3/t13?,14-/m0/s1. The third kappa shape index (κ3) is 3.53. The molecule has 1 aliphatic heterocycles. The third-order valence-corrected chi connectivity index (χ3v) is 4.80. The normalized spacial score (nSPS) is 20.7. The Balaban J connectivity index is 2.24. The molecule has 1 amide bonds. The molecular weight excluding hydrogens is 307 g/mol. The number of hydrogen-bond donors (Lipinski definition) is 1. The summed E-state index contributed by atoms with van der Waals surface area (Å²) in [6, 6.07) is 5.11. The van der Waals surface area contributed by atoms with Gasteiger partial charge in [-0.05, 0) is 36.0 Å². The summed E-state index contributed by atoms with van der Waals surface area (Å²) in [5, 5.41) is 1.05. The van der Waals surface area contributed by atoms with Crippen LogP contribution in [0, 0.1) is 5.41 Å². The lowest BCUT2D eigenvalue weighted by Gasteiger charge is -2.33. The van der Waals surface area contributed by atoms with Crippen LogP contribution in [0.4, 0.5) is 0 Å². The molecule has 0 radical (unpaired) electrons. The molecular formula is C16H22Cl2N2O. The Bertz CT molecular complexity index is 540. The van der Waals surface area contributed by atoms with Crippen LogP contribution >= 0.6 is 23.2 Å². The molecule has 0 saturated carbocycles. The van der Waals surface area contributed by atoms with Crippen LogP contribution in [0.5, 0.6) is 0 Å². The lowest BCUT2D eigenvalue weighted by atomic mass is 9.86. The summed E-state index contributed by atoms with van der Waals surface area (Å²) >= 11 is 12.1. The summed E-state index contributed by atoms with van der Waals surface area (Å²) in [6.07, 6.45) is 1.91. The first-order valence-corrected chi connectivity index (χ1v) is 7.98. The molecule has 1 saturated heterocycles. The zero-order valence-corrected chi connectivity index (χ0v) is 14.2. The maximum atomic E-state index is 12.7. The van der Waals surface area contributed by atoms with E-state index in [9.17, 15) is 4.79 Å². The number of likely N-dealkylation sites (tertiary alicyclic amines) is 1.